The maximum absolute atomic E-state index is 12.5. The molecule has 3 aromatic rings. The molecule has 0 fully saturated rings. The lowest BCUT2D eigenvalue weighted by Gasteiger charge is -2.09. The summed E-state index contributed by atoms with van der Waals surface area (Å²) in [7, 11) is -5.34. The Kier molecular flexibility index (Phi) is 3.17. The second-order valence-corrected chi connectivity index (χ2v) is 6.38. The van der Waals surface area contributed by atoms with E-state index in [-0.39, 0.29) is 0 Å². The molecule has 3 rings (SSSR count). The lowest BCUT2D eigenvalue weighted by molar-refractivity contribution is -0.0436. The van der Waals surface area contributed by atoms with Crippen molar-refractivity contribution in [1.82, 2.24) is 14.6 Å². The Morgan fingerprint density at radius 2 is 1.68 bits per heavy atom. The topological polar surface area (TPSA) is 64.3 Å². The second kappa shape index (κ2) is 4.80. The molecule has 0 N–H and O–H groups in total. The van der Waals surface area contributed by atoms with E-state index in [0.29, 0.717) is 16.9 Å². The van der Waals surface area contributed by atoms with E-state index in [1.54, 1.807) is 22.6 Å². The molecule has 5 nitrogen and oxygen atoms in total. The largest absolute Gasteiger partial charge is 0.501 e. The molecular weight excluding hydrogens is 319 g/mol. The summed E-state index contributed by atoms with van der Waals surface area (Å²) in [5.41, 5.74) is -3.56. The van der Waals surface area contributed by atoms with Gasteiger partial charge in [-0.3, -0.25) is 4.40 Å². The minimum absolute atomic E-state index is 0.548. The zero-order valence-electron chi connectivity index (χ0n) is 10.8. The van der Waals surface area contributed by atoms with Crippen LogP contribution in [-0.4, -0.2) is 28.5 Å². The molecular formula is C13H8F3N3O2S. The Hall–Kier alpha value is -2.42. The first-order valence-corrected chi connectivity index (χ1v) is 7.49. The molecule has 9 heteroatoms. The number of sulfone groups is 1. The normalized spacial score (nSPS) is 12.7. The van der Waals surface area contributed by atoms with Crippen LogP contribution in [0.4, 0.5) is 13.2 Å². The molecule has 0 atom stereocenters. The monoisotopic (exact) mass is 327 g/mol. The number of fused-ring (bicyclic) bond motifs is 1. The SMILES string of the molecule is O=S(=O)(c1ccc(-c2cccc3nncn23)cc1)C(F)(F)F. The number of hydrogen-bond acceptors (Lipinski definition) is 4. The van der Waals surface area contributed by atoms with E-state index in [1.807, 2.05) is 0 Å². The van der Waals surface area contributed by atoms with Gasteiger partial charge in [-0.25, -0.2) is 8.42 Å². The minimum atomic E-state index is -5.34. The first kappa shape index (κ1) is 14.5. The summed E-state index contributed by atoms with van der Waals surface area (Å²) in [4.78, 5) is -0.792. The fourth-order valence-corrected chi connectivity index (χ4v) is 2.78. The summed E-state index contributed by atoms with van der Waals surface area (Å²) in [6, 6.07) is 9.66. The highest BCUT2D eigenvalue weighted by Gasteiger charge is 2.46. The van der Waals surface area contributed by atoms with Crippen LogP contribution < -0.4 is 0 Å². The molecule has 0 saturated heterocycles. The van der Waals surface area contributed by atoms with E-state index in [0.717, 1.165) is 12.1 Å². The van der Waals surface area contributed by atoms with Gasteiger partial charge in [-0.2, -0.15) is 13.2 Å². The van der Waals surface area contributed by atoms with Crippen LogP contribution in [0.15, 0.2) is 53.7 Å². The molecule has 22 heavy (non-hydrogen) atoms. The maximum Gasteiger partial charge on any atom is 0.501 e. The Balaban J connectivity index is 2.08. The average Bonchev–Trinajstić information content (AvgIpc) is 2.94. The van der Waals surface area contributed by atoms with E-state index in [4.69, 9.17) is 0 Å². The van der Waals surface area contributed by atoms with Gasteiger partial charge in [-0.05, 0) is 29.8 Å². The Morgan fingerprint density at radius 1 is 1.00 bits per heavy atom. The molecule has 0 amide bonds. The number of halogens is 3. The lowest BCUT2D eigenvalue weighted by Crippen LogP contribution is -2.23. The zero-order valence-corrected chi connectivity index (χ0v) is 11.6. The number of hydrogen-bond donors (Lipinski definition) is 0. The van der Waals surface area contributed by atoms with Crippen molar-refractivity contribution >= 4 is 15.5 Å². The van der Waals surface area contributed by atoms with Crippen LogP contribution in [0.5, 0.6) is 0 Å². The Labute approximate surface area is 123 Å². The van der Waals surface area contributed by atoms with Crippen LogP contribution in [0, 0.1) is 0 Å². The van der Waals surface area contributed by atoms with Crippen molar-refractivity contribution < 1.29 is 21.6 Å². The molecule has 0 radical (unpaired) electrons. The summed E-state index contributed by atoms with van der Waals surface area (Å²) in [5.74, 6) is 0. The number of rotatable bonds is 2. The highest BCUT2D eigenvalue weighted by molar-refractivity contribution is 7.92. The predicted octanol–water partition coefficient (Wildman–Crippen LogP) is 2.69. The van der Waals surface area contributed by atoms with E-state index < -0.39 is 20.2 Å². The summed E-state index contributed by atoms with van der Waals surface area (Å²) < 4.78 is 61.8. The van der Waals surface area contributed by atoms with Crippen molar-refractivity contribution in [2.45, 2.75) is 10.4 Å². The third-order valence-corrected chi connectivity index (χ3v) is 4.60. The smallest absolute Gasteiger partial charge is 0.282 e. The van der Waals surface area contributed by atoms with Crippen molar-refractivity contribution in [2.75, 3.05) is 0 Å². The standard InChI is InChI=1S/C13H8F3N3O2S/c14-13(15,16)22(20,21)10-6-4-9(5-7-10)11-2-1-3-12-18-17-8-19(11)12/h1-8H. The molecule has 0 unspecified atom stereocenters. The average molecular weight is 327 g/mol. The van der Waals surface area contributed by atoms with Crippen molar-refractivity contribution in [2.24, 2.45) is 0 Å². The van der Waals surface area contributed by atoms with Gasteiger partial charge in [0.15, 0.2) is 5.65 Å². The summed E-state index contributed by atoms with van der Waals surface area (Å²) in [6.45, 7) is 0. The van der Waals surface area contributed by atoms with Crippen LogP contribution in [0.2, 0.25) is 0 Å². The first-order valence-electron chi connectivity index (χ1n) is 6.01. The van der Waals surface area contributed by atoms with Crippen molar-refractivity contribution in [3.63, 3.8) is 0 Å². The van der Waals surface area contributed by atoms with Gasteiger partial charge in [-0.1, -0.05) is 18.2 Å². The molecule has 0 aliphatic rings. The highest BCUT2D eigenvalue weighted by Crippen LogP contribution is 2.31. The number of nitrogens with zero attached hydrogens (tertiary/aromatic N) is 3. The second-order valence-electron chi connectivity index (χ2n) is 4.44. The highest BCUT2D eigenvalue weighted by atomic mass is 32.2. The summed E-state index contributed by atoms with van der Waals surface area (Å²) in [5, 5.41) is 7.61. The van der Waals surface area contributed by atoms with Crippen molar-refractivity contribution in [3.05, 3.63) is 48.8 Å². The number of alkyl halides is 3. The van der Waals surface area contributed by atoms with E-state index in [1.165, 1.54) is 18.5 Å². The van der Waals surface area contributed by atoms with Gasteiger partial charge in [0.05, 0.1) is 10.6 Å². The predicted molar refractivity (Wildman–Crippen MR) is 71.7 cm³/mol. The van der Waals surface area contributed by atoms with Crippen LogP contribution in [0.3, 0.4) is 0 Å². The number of benzene rings is 1. The third kappa shape index (κ3) is 2.23. The molecule has 114 valence electrons. The van der Waals surface area contributed by atoms with Gasteiger partial charge in [0.25, 0.3) is 9.84 Å². The van der Waals surface area contributed by atoms with E-state index >= 15 is 0 Å². The lowest BCUT2D eigenvalue weighted by atomic mass is 10.1. The van der Waals surface area contributed by atoms with Gasteiger partial charge < -0.3 is 0 Å². The fraction of sp³-hybridized carbons (Fsp3) is 0.0769. The van der Waals surface area contributed by atoms with Crippen LogP contribution >= 0.6 is 0 Å². The molecule has 0 aliphatic carbocycles. The molecule has 0 aliphatic heterocycles. The Morgan fingerprint density at radius 3 is 2.32 bits per heavy atom. The van der Waals surface area contributed by atoms with Crippen molar-refractivity contribution in [1.29, 1.82) is 0 Å². The molecule has 0 spiro atoms. The molecule has 0 bridgehead atoms. The van der Waals surface area contributed by atoms with E-state index in [9.17, 15) is 21.6 Å². The van der Waals surface area contributed by atoms with Gasteiger partial charge in [0.2, 0.25) is 0 Å². The fourth-order valence-electron chi connectivity index (χ4n) is 2.02. The van der Waals surface area contributed by atoms with Gasteiger partial charge in [0.1, 0.15) is 6.33 Å². The minimum Gasteiger partial charge on any atom is -0.282 e. The van der Waals surface area contributed by atoms with Crippen molar-refractivity contribution in [3.8, 4) is 11.3 Å². The van der Waals surface area contributed by atoms with Gasteiger partial charge in [0, 0.05) is 0 Å². The van der Waals surface area contributed by atoms with Gasteiger partial charge in [-0.15, -0.1) is 10.2 Å². The summed E-state index contributed by atoms with van der Waals surface area (Å²) in [6.07, 6.45) is 1.46. The number of aromatic nitrogens is 3. The zero-order chi connectivity index (χ0) is 16.0. The molecule has 2 heterocycles. The molecule has 1 aromatic carbocycles. The van der Waals surface area contributed by atoms with Crippen LogP contribution in [0.25, 0.3) is 16.9 Å². The van der Waals surface area contributed by atoms with Crippen LogP contribution in [-0.2, 0) is 9.84 Å². The molecule has 0 saturated carbocycles. The third-order valence-electron chi connectivity index (χ3n) is 3.10. The first-order chi connectivity index (χ1) is 10.3. The summed E-state index contributed by atoms with van der Waals surface area (Å²) >= 11 is 0. The maximum atomic E-state index is 12.5. The number of pyridine rings is 1. The molecule has 2 aromatic heterocycles. The van der Waals surface area contributed by atoms with Gasteiger partial charge >= 0.3 is 5.51 Å². The van der Waals surface area contributed by atoms with Crippen LogP contribution in [0.1, 0.15) is 0 Å². The van der Waals surface area contributed by atoms with E-state index in [2.05, 4.69) is 10.2 Å². The quantitative estimate of drug-likeness (QED) is 0.726. The Bertz CT molecular complexity index is 931.